The molecule has 3 rings (SSSR count). The summed E-state index contributed by atoms with van der Waals surface area (Å²) >= 11 is 0. The quantitative estimate of drug-likeness (QED) is 0.882. The molecule has 24 heavy (non-hydrogen) atoms. The van der Waals surface area contributed by atoms with Crippen molar-refractivity contribution in [3.8, 4) is 0 Å². The molecule has 1 N–H and O–H groups in total. The Labute approximate surface area is 141 Å². The monoisotopic (exact) mass is 330 g/mol. The SMILES string of the molecule is O=C(CN1CCC(Cn2ccnc2)CC1)NCc1ccc(F)cc1. The van der Waals surface area contributed by atoms with Gasteiger partial charge in [-0.25, -0.2) is 9.37 Å². The van der Waals surface area contributed by atoms with Crippen LogP contribution in [0.4, 0.5) is 4.39 Å². The Kier molecular flexibility index (Phi) is 5.59. The molecule has 5 nitrogen and oxygen atoms in total. The van der Waals surface area contributed by atoms with Crippen molar-refractivity contribution >= 4 is 5.91 Å². The summed E-state index contributed by atoms with van der Waals surface area (Å²) in [7, 11) is 0. The molecule has 0 atom stereocenters. The number of imidazole rings is 1. The number of amides is 1. The minimum absolute atomic E-state index is 0.0207. The maximum atomic E-state index is 12.8. The summed E-state index contributed by atoms with van der Waals surface area (Å²) in [4.78, 5) is 18.3. The summed E-state index contributed by atoms with van der Waals surface area (Å²) in [5, 5.41) is 2.90. The van der Waals surface area contributed by atoms with Gasteiger partial charge in [-0.2, -0.15) is 0 Å². The molecule has 0 radical (unpaired) electrons. The fourth-order valence-corrected chi connectivity index (χ4v) is 3.08. The molecule has 1 aliphatic heterocycles. The molecule has 1 aliphatic rings. The van der Waals surface area contributed by atoms with Crippen LogP contribution in [0.3, 0.4) is 0 Å². The van der Waals surface area contributed by atoms with Crippen molar-refractivity contribution in [2.24, 2.45) is 5.92 Å². The lowest BCUT2D eigenvalue weighted by atomic mass is 9.97. The molecule has 0 aliphatic carbocycles. The number of carbonyl (C=O) groups is 1. The van der Waals surface area contributed by atoms with E-state index in [0.717, 1.165) is 38.0 Å². The van der Waals surface area contributed by atoms with Gasteiger partial charge in [-0.05, 0) is 49.5 Å². The van der Waals surface area contributed by atoms with Crippen molar-refractivity contribution in [1.82, 2.24) is 19.8 Å². The third kappa shape index (κ3) is 4.89. The van der Waals surface area contributed by atoms with Crippen LogP contribution in [0, 0.1) is 11.7 Å². The average molecular weight is 330 g/mol. The topological polar surface area (TPSA) is 50.2 Å². The first kappa shape index (κ1) is 16.6. The highest BCUT2D eigenvalue weighted by Gasteiger charge is 2.20. The first-order chi connectivity index (χ1) is 11.7. The van der Waals surface area contributed by atoms with E-state index < -0.39 is 0 Å². The van der Waals surface area contributed by atoms with Crippen LogP contribution in [0.15, 0.2) is 43.0 Å². The number of piperidine rings is 1. The summed E-state index contributed by atoms with van der Waals surface area (Å²) in [6.07, 6.45) is 7.86. The molecular weight excluding hydrogens is 307 g/mol. The molecule has 1 saturated heterocycles. The Morgan fingerprint density at radius 2 is 2.00 bits per heavy atom. The molecule has 128 valence electrons. The number of aromatic nitrogens is 2. The molecule has 0 spiro atoms. The maximum absolute atomic E-state index is 12.8. The van der Waals surface area contributed by atoms with Crippen LogP contribution < -0.4 is 5.32 Å². The third-order valence-corrected chi connectivity index (χ3v) is 4.51. The van der Waals surface area contributed by atoms with E-state index in [9.17, 15) is 9.18 Å². The van der Waals surface area contributed by atoms with E-state index in [0.29, 0.717) is 19.0 Å². The van der Waals surface area contributed by atoms with Crippen LogP contribution in [0.2, 0.25) is 0 Å². The van der Waals surface area contributed by atoms with E-state index in [4.69, 9.17) is 0 Å². The first-order valence-corrected chi connectivity index (χ1v) is 8.38. The zero-order chi connectivity index (χ0) is 16.8. The Bertz CT molecular complexity index is 634. The summed E-state index contributed by atoms with van der Waals surface area (Å²) in [6.45, 7) is 3.77. The largest absolute Gasteiger partial charge is 0.351 e. The smallest absolute Gasteiger partial charge is 0.234 e. The summed E-state index contributed by atoms with van der Waals surface area (Å²) in [6, 6.07) is 6.20. The van der Waals surface area contributed by atoms with E-state index in [1.54, 1.807) is 18.3 Å². The minimum atomic E-state index is -0.261. The average Bonchev–Trinajstić information content (AvgIpc) is 3.09. The molecule has 1 aromatic heterocycles. The standard InChI is InChI=1S/C18H23FN4O/c19-17-3-1-15(2-4-17)11-21-18(24)13-22-8-5-16(6-9-22)12-23-10-7-20-14-23/h1-4,7,10,14,16H,5-6,8-9,11-13H2,(H,21,24). The molecule has 1 aromatic carbocycles. The van der Waals surface area contributed by atoms with Crippen LogP contribution in [0.5, 0.6) is 0 Å². The second-order valence-corrected chi connectivity index (χ2v) is 6.38. The van der Waals surface area contributed by atoms with Crippen LogP contribution in [-0.4, -0.2) is 40.0 Å². The number of halogens is 1. The van der Waals surface area contributed by atoms with E-state index in [1.165, 1.54) is 12.1 Å². The van der Waals surface area contributed by atoms with E-state index in [2.05, 4.69) is 19.8 Å². The van der Waals surface area contributed by atoms with Gasteiger partial charge in [-0.3, -0.25) is 9.69 Å². The Morgan fingerprint density at radius 3 is 2.67 bits per heavy atom. The van der Waals surface area contributed by atoms with Gasteiger partial charge in [0.2, 0.25) is 5.91 Å². The molecule has 2 heterocycles. The Hall–Kier alpha value is -2.21. The van der Waals surface area contributed by atoms with Gasteiger partial charge < -0.3 is 9.88 Å². The van der Waals surface area contributed by atoms with Gasteiger partial charge in [-0.1, -0.05) is 12.1 Å². The molecular formula is C18H23FN4O. The molecule has 6 heteroatoms. The number of benzene rings is 1. The lowest BCUT2D eigenvalue weighted by Crippen LogP contribution is -2.41. The Morgan fingerprint density at radius 1 is 1.25 bits per heavy atom. The summed E-state index contributed by atoms with van der Waals surface area (Å²) in [5.74, 6) is 0.411. The third-order valence-electron chi connectivity index (χ3n) is 4.51. The van der Waals surface area contributed by atoms with Crippen molar-refractivity contribution < 1.29 is 9.18 Å². The van der Waals surface area contributed by atoms with Gasteiger partial charge in [0.15, 0.2) is 0 Å². The van der Waals surface area contributed by atoms with Crippen molar-refractivity contribution in [3.63, 3.8) is 0 Å². The van der Waals surface area contributed by atoms with Gasteiger partial charge in [-0.15, -0.1) is 0 Å². The van der Waals surface area contributed by atoms with Crippen LogP contribution in [0.1, 0.15) is 18.4 Å². The second-order valence-electron chi connectivity index (χ2n) is 6.38. The van der Waals surface area contributed by atoms with Gasteiger partial charge in [0, 0.05) is 25.5 Å². The first-order valence-electron chi connectivity index (χ1n) is 8.38. The van der Waals surface area contributed by atoms with Crippen molar-refractivity contribution in [2.75, 3.05) is 19.6 Å². The zero-order valence-electron chi connectivity index (χ0n) is 13.7. The normalized spacial score (nSPS) is 16.2. The van der Waals surface area contributed by atoms with Gasteiger partial charge in [0.25, 0.3) is 0 Å². The van der Waals surface area contributed by atoms with E-state index in [1.807, 2.05) is 12.5 Å². The molecule has 0 saturated carbocycles. The van der Waals surface area contributed by atoms with Gasteiger partial charge in [0.1, 0.15) is 5.82 Å². The molecule has 0 bridgehead atoms. The number of nitrogens with one attached hydrogen (secondary N) is 1. The van der Waals surface area contributed by atoms with E-state index >= 15 is 0 Å². The van der Waals surface area contributed by atoms with Crippen LogP contribution >= 0.6 is 0 Å². The maximum Gasteiger partial charge on any atom is 0.234 e. The highest BCUT2D eigenvalue weighted by Crippen LogP contribution is 2.18. The second kappa shape index (κ2) is 8.06. The van der Waals surface area contributed by atoms with Crippen molar-refractivity contribution in [1.29, 1.82) is 0 Å². The summed E-state index contributed by atoms with van der Waals surface area (Å²) < 4.78 is 15.0. The lowest BCUT2D eigenvalue weighted by molar-refractivity contribution is -0.122. The highest BCUT2D eigenvalue weighted by molar-refractivity contribution is 5.78. The molecule has 1 amide bonds. The van der Waals surface area contributed by atoms with Crippen molar-refractivity contribution in [2.45, 2.75) is 25.9 Å². The predicted octanol–water partition coefficient (Wildman–Crippen LogP) is 2.05. The summed E-state index contributed by atoms with van der Waals surface area (Å²) in [5.41, 5.74) is 0.906. The van der Waals surface area contributed by atoms with Crippen LogP contribution in [0.25, 0.3) is 0 Å². The molecule has 2 aromatic rings. The number of hydrogen-bond acceptors (Lipinski definition) is 3. The predicted molar refractivity (Wildman–Crippen MR) is 89.6 cm³/mol. The fourth-order valence-electron chi connectivity index (χ4n) is 3.08. The van der Waals surface area contributed by atoms with Gasteiger partial charge >= 0.3 is 0 Å². The Balaban J connectivity index is 1.36. The number of rotatable bonds is 6. The number of likely N-dealkylation sites (tertiary alicyclic amines) is 1. The van der Waals surface area contributed by atoms with Crippen LogP contribution in [-0.2, 0) is 17.9 Å². The fraction of sp³-hybridized carbons (Fsp3) is 0.444. The van der Waals surface area contributed by atoms with Crippen molar-refractivity contribution in [3.05, 3.63) is 54.4 Å². The number of nitrogens with zero attached hydrogens (tertiary/aromatic N) is 3. The zero-order valence-corrected chi connectivity index (χ0v) is 13.7. The lowest BCUT2D eigenvalue weighted by Gasteiger charge is -2.31. The number of carbonyl (C=O) groups excluding carboxylic acids is 1. The minimum Gasteiger partial charge on any atom is -0.351 e. The number of hydrogen-bond donors (Lipinski definition) is 1. The molecule has 0 unspecified atom stereocenters. The molecule has 1 fully saturated rings. The highest BCUT2D eigenvalue weighted by atomic mass is 19.1. The van der Waals surface area contributed by atoms with E-state index in [-0.39, 0.29) is 11.7 Å². The van der Waals surface area contributed by atoms with Gasteiger partial charge in [0.05, 0.1) is 12.9 Å².